The molecule has 1 fully saturated rings. The van der Waals surface area contributed by atoms with E-state index in [-0.39, 0.29) is 30.4 Å². The van der Waals surface area contributed by atoms with Crippen LogP contribution in [0.1, 0.15) is 5.56 Å². The maximum atomic E-state index is 14.5. The first kappa shape index (κ1) is 16.0. The summed E-state index contributed by atoms with van der Waals surface area (Å²) in [6.45, 7) is 0.513. The van der Waals surface area contributed by atoms with Crippen molar-refractivity contribution < 1.29 is 22.6 Å². The minimum atomic E-state index is -1.52. The Morgan fingerprint density at radius 1 is 1.00 bits per heavy atom. The third kappa shape index (κ3) is 3.72. The first-order valence-electron chi connectivity index (χ1n) is 7.23. The molecule has 6 heteroatoms. The number of halogens is 3. The Bertz CT molecular complexity index is 659. The van der Waals surface area contributed by atoms with E-state index in [1.165, 1.54) is 36.4 Å². The number of allylic oxidation sites excluding steroid dienone is 4. The summed E-state index contributed by atoms with van der Waals surface area (Å²) in [5, 5.41) is 0. The van der Waals surface area contributed by atoms with Crippen LogP contribution < -0.4 is 5.73 Å². The van der Waals surface area contributed by atoms with E-state index in [1.54, 1.807) is 0 Å². The van der Waals surface area contributed by atoms with Crippen molar-refractivity contribution in [2.45, 2.75) is 18.5 Å². The summed E-state index contributed by atoms with van der Waals surface area (Å²) in [4.78, 5) is 0. The van der Waals surface area contributed by atoms with E-state index in [9.17, 15) is 13.2 Å². The fraction of sp³-hybridized carbons (Fsp3) is 0.294. The average molecular weight is 323 g/mol. The van der Waals surface area contributed by atoms with Gasteiger partial charge >= 0.3 is 0 Å². The van der Waals surface area contributed by atoms with Crippen molar-refractivity contribution in [1.82, 2.24) is 0 Å². The van der Waals surface area contributed by atoms with E-state index in [4.69, 9.17) is 15.2 Å². The molecule has 1 unspecified atom stereocenters. The van der Waals surface area contributed by atoms with Crippen LogP contribution in [-0.2, 0) is 9.47 Å². The second-order valence-corrected chi connectivity index (χ2v) is 5.45. The lowest BCUT2D eigenvalue weighted by Crippen LogP contribution is -2.41. The summed E-state index contributed by atoms with van der Waals surface area (Å²) in [6.07, 6.45) is 1.19. The molecule has 0 aromatic heterocycles. The van der Waals surface area contributed by atoms with Crippen molar-refractivity contribution in [3.8, 4) is 0 Å². The van der Waals surface area contributed by atoms with Gasteiger partial charge in [0.1, 0.15) is 17.8 Å². The molecule has 1 aliphatic carbocycles. The van der Waals surface area contributed by atoms with E-state index in [0.29, 0.717) is 5.56 Å². The highest BCUT2D eigenvalue weighted by Crippen LogP contribution is 2.31. The van der Waals surface area contributed by atoms with Crippen molar-refractivity contribution in [3.63, 3.8) is 0 Å². The van der Waals surface area contributed by atoms with Crippen LogP contribution >= 0.6 is 0 Å². The second kappa shape index (κ2) is 6.70. The number of hydrogen-bond donors (Lipinski definition) is 1. The van der Waals surface area contributed by atoms with Crippen LogP contribution in [0, 0.1) is 5.82 Å². The average Bonchev–Trinajstić information content (AvgIpc) is 2.68. The third-order valence-corrected chi connectivity index (χ3v) is 3.58. The molecule has 2 N–H and O–H groups in total. The van der Waals surface area contributed by atoms with Crippen LogP contribution in [-0.4, -0.2) is 31.7 Å². The highest BCUT2D eigenvalue weighted by molar-refractivity contribution is 5.79. The summed E-state index contributed by atoms with van der Waals surface area (Å²) < 4.78 is 52.4. The standard InChI is InChI=1S/C17H16F3NO2/c18-12-3-1-10(2-4-12)15-7-13(19)5-11(6-16(15)20)17-22-8-14(21)9-23-17/h1-7,13-14,17H,8-9,21H2. The number of benzene rings is 1. The van der Waals surface area contributed by atoms with E-state index >= 15 is 0 Å². The van der Waals surface area contributed by atoms with Crippen molar-refractivity contribution in [2.75, 3.05) is 13.2 Å². The normalized spacial score (nSPS) is 28.5. The second-order valence-electron chi connectivity index (χ2n) is 5.45. The Hall–Kier alpha value is -1.89. The van der Waals surface area contributed by atoms with E-state index in [2.05, 4.69) is 0 Å². The van der Waals surface area contributed by atoms with Crippen molar-refractivity contribution in [2.24, 2.45) is 5.73 Å². The number of ether oxygens (including phenoxy) is 2. The van der Waals surface area contributed by atoms with Crippen LogP contribution in [0.4, 0.5) is 13.2 Å². The maximum Gasteiger partial charge on any atom is 0.183 e. The SMILES string of the molecule is NC1COC(C2=CC(F)C=C(c3ccc(F)cc3)C(F)=C2)OC1. The van der Waals surface area contributed by atoms with Crippen LogP contribution in [0.5, 0.6) is 0 Å². The Kier molecular flexibility index (Phi) is 4.66. The van der Waals surface area contributed by atoms with Gasteiger partial charge in [0, 0.05) is 11.1 Å². The summed E-state index contributed by atoms with van der Waals surface area (Å²) in [7, 11) is 0. The lowest BCUT2D eigenvalue weighted by Gasteiger charge is -2.28. The van der Waals surface area contributed by atoms with Gasteiger partial charge in [0.15, 0.2) is 6.29 Å². The van der Waals surface area contributed by atoms with Gasteiger partial charge in [-0.1, -0.05) is 12.1 Å². The zero-order chi connectivity index (χ0) is 16.4. The molecule has 3 nitrogen and oxygen atoms in total. The summed E-state index contributed by atoms with van der Waals surface area (Å²) in [6, 6.07) is 4.95. The molecule has 3 rings (SSSR count). The highest BCUT2D eigenvalue weighted by atomic mass is 19.1. The van der Waals surface area contributed by atoms with E-state index in [1.807, 2.05) is 0 Å². The Balaban J connectivity index is 1.86. The minimum absolute atomic E-state index is 0.0660. The van der Waals surface area contributed by atoms with Gasteiger partial charge in [-0.3, -0.25) is 0 Å². The molecule has 1 heterocycles. The first-order valence-corrected chi connectivity index (χ1v) is 7.23. The zero-order valence-electron chi connectivity index (χ0n) is 12.2. The molecular weight excluding hydrogens is 307 g/mol. The molecule has 1 aromatic carbocycles. The molecule has 0 radical (unpaired) electrons. The van der Waals surface area contributed by atoms with E-state index < -0.39 is 24.1 Å². The van der Waals surface area contributed by atoms with Crippen LogP contribution in [0.25, 0.3) is 5.57 Å². The van der Waals surface area contributed by atoms with Crippen molar-refractivity contribution in [3.05, 3.63) is 65.3 Å². The molecule has 0 spiro atoms. The maximum absolute atomic E-state index is 14.5. The van der Waals surface area contributed by atoms with Crippen LogP contribution in [0.3, 0.4) is 0 Å². The van der Waals surface area contributed by atoms with Gasteiger partial charge < -0.3 is 15.2 Å². The lowest BCUT2D eigenvalue weighted by molar-refractivity contribution is -0.162. The van der Waals surface area contributed by atoms with E-state index in [0.717, 1.165) is 6.08 Å². The molecule has 0 saturated carbocycles. The third-order valence-electron chi connectivity index (χ3n) is 3.58. The predicted molar refractivity (Wildman–Crippen MR) is 80.2 cm³/mol. The predicted octanol–water partition coefficient (Wildman–Crippen LogP) is 3.04. The van der Waals surface area contributed by atoms with Gasteiger partial charge in [-0.25, -0.2) is 13.2 Å². The summed E-state index contributed by atoms with van der Waals surface area (Å²) >= 11 is 0. The van der Waals surface area contributed by atoms with Gasteiger partial charge in [0.05, 0.1) is 19.3 Å². The molecule has 1 saturated heterocycles. The molecule has 0 bridgehead atoms. The Labute approximate surface area is 131 Å². The van der Waals surface area contributed by atoms with Gasteiger partial charge in [0.2, 0.25) is 0 Å². The van der Waals surface area contributed by atoms with Gasteiger partial charge in [-0.05, 0) is 35.9 Å². The Morgan fingerprint density at radius 2 is 1.65 bits per heavy atom. The number of alkyl halides is 1. The quantitative estimate of drug-likeness (QED) is 0.910. The molecule has 0 amide bonds. The zero-order valence-corrected chi connectivity index (χ0v) is 12.2. The fourth-order valence-corrected chi connectivity index (χ4v) is 2.46. The van der Waals surface area contributed by atoms with Crippen molar-refractivity contribution >= 4 is 5.57 Å². The van der Waals surface area contributed by atoms with Gasteiger partial charge in [0.25, 0.3) is 0 Å². The highest BCUT2D eigenvalue weighted by Gasteiger charge is 2.25. The molecule has 2 aliphatic rings. The topological polar surface area (TPSA) is 44.5 Å². The summed E-state index contributed by atoms with van der Waals surface area (Å²) in [5.74, 6) is -1.08. The fourth-order valence-electron chi connectivity index (χ4n) is 2.46. The van der Waals surface area contributed by atoms with Gasteiger partial charge in [-0.2, -0.15) is 0 Å². The molecule has 23 heavy (non-hydrogen) atoms. The molecule has 1 aliphatic heterocycles. The smallest absolute Gasteiger partial charge is 0.183 e. The van der Waals surface area contributed by atoms with Gasteiger partial charge in [-0.15, -0.1) is 0 Å². The molecule has 1 atom stereocenters. The largest absolute Gasteiger partial charge is 0.347 e. The monoisotopic (exact) mass is 323 g/mol. The molecule has 122 valence electrons. The number of nitrogens with two attached hydrogens (primary N) is 1. The molecular formula is C17H16F3NO2. The summed E-state index contributed by atoms with van der Waals surface area (Å²) in [5.41, 5.74) is 6.37. The van der Waals surface area contributed by atoms with Crippen LogP contribution in [0.15, 0.2) is 53.9 Å². The van der Waals surface area contributed by atoms with Crippen molar-refractivity contribution in [1.29, 1.82) is 0 Å². The molecule has 1 aromatic rings. The minimum Gasteiger partial charge on any atom is -0.347 e. The number of rotatable bonds is 2. The van der Waals surface area contributed by atoms with Crippen LogP contribution in [0.2, 0.25) is 0 Å². The number of hydrogen-bond acceptors (Lipinski definition) is 3. The first-order chi connectivity index (χ1) is 11.0. The Morgan fingerprint density at radius 3 is 2.30 bits per heavy atom. The lowest BCUT2D eigenvalue weighted by atomic mass is 10.0.